The molecule has 0 radical (unpaired) electrons. The van der Waals surface area contributed by atoms with E-state index in [1.165, 1.54) is 18.2 Å². The summed E-state index contributed by atoms with van der Waals surface area (Å²) in [6, 6.07) is 29.8. The maximum absolute atomic E-state index is 15.2. The highest BCUT2D eigenvalue weighted by Gasteiger charge is 2.40. The molecule has 35 heavy (non-hydrogen) atoms. The fourth-order valence-electron chi connectivity index (χ4n) is 4.54. The van der Waals surface area contributed by atoms with Crippen LogP contribution < -0.4 is 4.90 Å². The summed E-state index contributed by atoms with van der Waals surface area (Å²) in [7, 11) is 0. The summed E-state index contributed by atoms with van der Waals surface area (Å²) in [6.07, 6.45) is -0.752. The van der Waals surface area contributed by atoms with Gasteiger partial charge >= 0.3 is 0 Å². The third-order valence-electron chi connectivity index (χ3n) is 6.16. The lowest BCUT2D eigenvalue weighted by Crippen LogP contribution is -2.49. The molecule has 174 valence electrons. The van der Waals surface area contributed by atoms with E-state index in [0.29, 0.717) is 17.8 Å². The van der Waals surface area contributed by atoms with E-state index in [1.807, 2.05) is 65.6 Å². The van der Waals surface area contributed by atoms with Gasteiger partial charge in [-0.1, -0.05) is 78.9 Å². The Morgan fingerprint density at radius 3 is 1.94 bits per heavy atom. The molecule has 1 amide bonds. The van der Waals surface area contributed by atoms with Crippen LogP contribution in [0, 0.1) is 15.9 Å². The van der Waals surface area contributed by atoms with Gasteiger partial charge in [-0.25, -0.2) is 4.39 Å². The summed E-state index contributed by atoms with van der Waals surface area (Å²) in [4.78, 5) is 28.3. The van der Waals surface area contributed by atoms with Crippen LogP contribution in [0.1, 0.15) is 33.2 Å². The molecule has 0 aromatic heterocycles. The lowest BCUT2D eigenvalue weighted by atomic mass is 9.98. The smallest absolute Gasteiger partial charge is 0.270 e. The highest BCUT2D eigenvalue weighted by atomic mass is 19.1. The summed E-state index contributed by atoms with van der Waals surface area (Å²) in [5.74, 6) is -0.808. The van der Waals surface area contributed by atoms with Crippen LogP contribution in [0.25, 0.3) is 0 Å². The average Bonchev–Trinajstić information content (AvgIpc) is 2.88. The third kappa shape index (κ3) is 4.36. The molecular formula is C28H22FN3O3. The topological polar surface area (TPSA) is 66.7 Å². The van der Waals surface area contributed by atoms with Crippen LogP contribution in [-0.2, 0) is 13.1 Å². The molecule has 0 aliphatic carbocycles. The van der Waals surface area contributed by atoms with Crippen molar-refractivity contribution in [1.29, 1.82) is 0 Å². The quantitative estimate of drug-likeness (QED) is 0.254. The predicted octanol–water partition coefficient (Wildman–Crippen LogP) is 6.10. The first kappa shape index (κ1) is 22.3. The third-order valence-corrected chi connectivity index (χ3v) is 6.16. The van der Waals surface area contributed by atoms with E-state index < -0.39 is 16.9 Å². The Labute approximate surface area is 202 Å². The Kier molecular flexibility index (Phi) is 5.97. The molecule has 5 rings (SSSR count). The molecule has 0 fully saturated rings. The normalized spacial score (nSPS) is 15.1. The van der Waals surface area contributed by atoms with Crippen LogP contribution in [0.5, 0.6) is 0 Å². The van der Waals surface area contributed by atoms with Gasteiger partial charge in [0.15, 0.2) is 0 Å². The van der Waals surface area contributed by atoms with Crippen molar-refractivity contribution in [1.82, 2.24) is 4.90 Å². The molecule has 6 nitrogen and oxygen atoms in total. The van der Waals surface area contributed by atoms with Crippen molar-refractivity contribution in [3.05, 3.63) is 141 Å². The van der Waals surface area contributed by atoms with Crippen molar-refractivity contribution in [2.45, 2.75) is 19.3 Å². The number of benzene rings is 4. The van der Waals surface area contributed by atoms with Crippen molar-refractivity contribution in [3.8, 4) is 0 Å². The van der Waals surface area contributed by atoms with Gasteiger partial charge in [0, 0.05) is 30.8 Å². The van der Waals surface area contributed by atoms with Gasteiger partial charge < -0.3 is 9.80 Å². The largest absolute Gasteiger partial charge is 0.342 e. The average molecular weight is 468 g/mol. The van der Waals surface area contributed by atoms with Crippen LogP contribution in [0.15, 0.2) is 103 Å². The Morgan fingerprint density at radius 2 is 1.34 bits per heavy atom. The van der Waals surface area contributed by atoms with E-state index in [2.05, 4.69) is 0 Å². The summed E-state index contributed by atoms with van der Waals surface area (Å²) in [5, 5.41) is 11.5. The molecule has 0 saturated heterocycles. The van der Waals surface area contributed by atoms with Crippen molar-refractivity contribution >= 4 is 17.3 Å². The number of nitro groups is 1. The zero-order chi connectivity index (χ0) is 24.4. The van der Waals surface area contributed by atoms with Crippen molar-refractivity contribution in [2.24, 2.45) is 0 Å². The number of non-ortho nitro benzene ring substituents is 1. The number of rotatable bonds is 6. The number of carbonyl (C=O) groups is 1. The van der Waals surface area contributed by atoms with Gasteiger partial charge in [-0.15, -0.1) is 0 Å². The van der Waals surface area contributed by atoms with E-state index in [9.17, 15) is 14.9 Å². The monoisotopic (exact) mass is 467 g/mol. The highest BCUT2D eigenvalue weighted by Crippen LogP contribution is 2.42. The molecule has 0 N–H and O–H groups in total. The molecule has 1 heterocycles. The summed E-state index contributed by atoms with van der Waals surface area (Å²) in [6.45, 7) is 0.593. The molecule has 1 aliphatic rings. The first-order valence-corrected chi connectivity index (χ1v) is 11.2. The predicted molar refractivity (Wildman–Crippen MR) is 131 cm³/mol. The van der Waals surface area contributed by atoms with Gasteiger partial charge in [0.25, 0.3) is 11.6 Å². The molecule has 7 heteroatoms. The zero-order valence-corrected chi connectivity index (χ0v) is 18.8. The van der Waals surface area contributed by atoms with E-state index in [4.69, 9.17) is 0 Å². The minimum Gasteiger partial charge on any atom is -0.342 e. The Morgan fingerprint density at radius 1 is 0.771 bits per heavy atom. The van der Waals surface area contributed by atoms with Crippen molar-refractivity contribution in [2.75, 3.05) is 4.90 Å². The van der Waals surface area contributed by atoms with Crippen LogP contribution in [0.4, 0.5) is 15.8 Å². The highest BCUT2D eigenvalue weighted by molar-refractivity contribution is 6.02. The Balaban J connectivity index is 1.71. The van der Waals surface area contributed by atoms with Gasteiger partial charge in [-0.2, -0.15) is 0 Å². The fraction of sp³-hybridized carbons (Fsp3) is 0.107. The van der Waals surface area contributed by atoms with Gasteiger partial charge in [-0.05, 0) is 23.3 Å². The fourth-order valence-corrected chi connectivity index (χ4v) is 4.54. The van der Waals surface area contributed by atoms with Gasteiger partial charge in [0.2, 0.25) is 0 Å². The second-order valence-electron chi connectivity index (χ2n) is 8.39. The number of hydrogen-bond donors (Lipinski definition) is 0. The molecule has 1 atom stereocenters. The van der Waals surface area contributed by atoms with Crippen LogP contribution in [-0.4, -0.2) is 15.7 Å². The van der Waals surface area contributed by atoms with E-state index in [1.54, 1.807) is 29.2 Å². The molecule has 1 aliphatic heterocycles. The van der Waals surface area contributed by atoms with Gasteiger partial charge in [-0.3, -0.25) is 14.9 Å². The maximum Gasteiger partial charge on any atom is 0.270 e. The SMILES string of the molecule is O=C1c2cc([N+](=O)[O-])ccc2N(Cc2ccccc2)C(c2ccccc2F)N1Cc1ccccc1. The second kappa shape index (κ2) is 9.38. The number of nitro benzene ring substituents is 1. The minimum atomic E-state index is -0.752. The molecule has 4 aromatic carbocycles. The summed E-state index contributed by atoms with van der Waals surface area (Å²) in [5.41, 5.74) is 2.78. The van der Waals surface area contributed by atoms with E-state index in [-0.39, 0.29) is 23.7 Å². The first-order chi connectivity index (χ1) is 17.0. The summed E-state index contributed by atoms with van der Waals surface area (Å²) >= 11 is 0. The number of fused-ring (bicyclic) bond motifs is 1. The zero-order valence-electron chi connectivity index (χ0n) is 18.8. The lowest BCUT2D eigenvalue weighted by molar-refractivity contribution is -0.384. The number of hydrogen-bond acceptors (Lipinski definition) is 4. The number of carbonyl (C=O) groups excluding carboxylic acids is 1. The number of amides is 1. The molecule has 0 bridgehead atoms. The van der Waals surface area contributed by atoms with Crippen LogP contribution in [0.3, 0.4) is 0 Å². The van der Waals surface area contributed by atoms with E-state index >= 15 is 4.39 Å². The molecular weight excluding hydrogens is 445 g/mol. The molecule has 0 saturated carbocycles. The summed E-state index contributed by atoms with van der Waals surface area (Å²) < 4.78 is 15.2. The number of anilines is 1. The van der Waals surface area contributed by atoms with Crippen LogP contribution >= 0.6 is 0 Å². The molecule has 1 unspecified atom stereocenters. The number of nitrogens with zero attached hydrogens (tertiary/aromatic N) is 3. The van der Waals surface area contributed by atoms with Gasteiger partial charge in [0.1, 0.15) is 12.0 Å². The maximum atomic E-state index is 15.2. The first-order valence-electron chi connectivity index (χ1n) is 11.2. The van der Waals surface area contributed by atoms with Crippen LogP contribution in [0.2, 0.25) is 0 Å². The van der Waals surface area contributed by atoms with Crippen molar-refractivity contribution < 1.29 is 14.1 Å². The number of halogens is 1. The Bertz CT molecular complexity index is 1380. The van der Waals surface area contributed by atoms with Crippen molar-refractivity contribution in [3.63, 3.8) is 0 Å². The molecule has 0 spiro atoms. The van der Waals surface area contributed by atoms with Gasteiger partial charge in [0.05, 0.1) is 16.2 Å². The molecule has 4 aromatic rings. The van der Waals surface area contributed by atoms with E-state index in [0.717, 1.165) is 11.1 Å². The minimum absolute atomic E-state index is 0.166. The lowest BCUT2D eigenvalue weighted by Gasteiger charge is -2.46. The Hall–Kier alpha value is -4.52. The second-order valence-corrected chi connectivity index (χ2v) is 8.39. The standard InChI is InChI=1S/C28H22FN3O3/c29-25-14-8-7-13-23(25)27-30(18-20-9-3-1-4-10-20)26-16-15-22(32(34)35)17-24(26)28(33)31(27)19-21-11-5-2-6-12-21/h1-17,27H,18-19H2.